The number of benzene rings is 3. The lowest BCUT2D eigenvalue weighted by atomic mass is 10.0. The third-order valence-corrected chi connectivity index (χ3v) is 5.90. The van der Waals surface area contributed by atoms with Gasteiger partial charge in [-0.1, -0.05) is 66.7 Å². The number of nitrogens with zero attached hydrogens (tertiary/aromatic N) is 1. The molecule has 0 aliphatic carbocycles. The summed E-state index contributed by atoms with van der Waals surface area (Å²) < 4.78 is 10.7. The second kappa shape index (κ2) is 13.9. The van der Waals surface area contributed by atoms with Crippen molar-refractivity contribution in [2.24, 2.45) is 0 Å². The van der Waals surface area contributed by atoms with E-state index < -0.39 is 6.04 Å². The molecule has 0 saturated heterocycles. The fraction of sp³-hybridized carbons (Fsp3) is 0.310. The van der Waals surface area contributed by atoms with Gasteiger partial charge in [0.25, 0.3) is 0 Å². The van der Waals surface area contributed by atoms with E-state index in [-0.39, 0.29) is 31.4 Å². The number of hydrogen-bond acceptors (Lipinski definition) is 5. The van der Waals surface area contributed by atoms with E-state index in [9.17, 15) is 9.59 Å². The molecule has 0 fully saturated rings. The van der Waals surface area contributed by atoms with Crippen LogP contribution < -0.4 is 14.8 Å². The summed E-state index contributed by atoms with van der Waals surface area (Å²) in [6.07, 6.45) is 0.917. The maximum atomic E-state index is 13.8. The molecular weight excluding hydrogens is 456 g/mol. The summed E-state index contributed by atoms with van der Waals surface area (Å²) in [7, 11) is 3.12. The Bertz CT molecular complexity index is 1110. The van der Waals surface area contributed by atoms with Crippen LogP contribution in [0.4, 0.5) is 0 Å². The van der Waals surface area contributed by atoms with E-state index in [2.05, 4.69) is 5.32 Å². The second-order valence-corrected chi connectivity index (χ2v) is 8.45. The zero-order chi connectivity index (χ0) is 25.8. The highest BCUT2D eigenvalue weighted by atomic mass is 16.5. The molecule has 7 nitrogen and oxygen atoms in total. The zero-order valence-electron chi connectivity index (χ0n) is 20.9. The summed E-state index contributed by atoms with van der Waals surface area (Å²) in [6, 6.07) is 24.0. The van der Waals surface area contributed by atoms with Crippen molar-refractivity contribution in [2.45, 2.75) is 31.8 Å². The lowest BCUT2D eigenvalue weighted by molar-refractivity contribution is -0.140. The van der Waals surface area contributed by atoms with Crippen molar-refractivity contribution in [3.8, 4) is 11.5 Å². The van der Waals surface area contributed by atoms with E-state index in [1.54, 1.807) is 31.3 Å². The van der Waals surface area contributed by atoms with E-state index >= 15 is 0 Å². The highest BCUT2D eigenvalue weighted by Gasteiger charge is 2.30. The van der Waals surface area contributed by atoms with Crippen LogP contribution in [-0.4, -0.2) is 55.2 Å². The Kier molecular flexibility index (Phi) is 10.3. The molecule has 0 saturated carbocycles. The number of amides is 2. The molecule has 190 valence electrons. The maximum absolute atomic E-state index is 13.8. The van der Waals surface area contributed by atoms with Gasteiger partial charge in [-0.05, 0) is 35.2 Å². The Labute approximate surface area is 212 Å². The molecule has 3 rings (SSSR count). The summed E-state index contributed by atoms with van der Waals surface area (Å²) in [5, 5.41) is 12.0. The standard InChI is InChI=1S/C29H34N2O5/c1-35-26-15-14-24(19-27(26)36-2)20-28(33)31(21-23-12-7-4-8-13-23)25(29(34)30-16-9-17-32)18-22-10-5-3-6-11-22/h3-8,10-15,19,25,32H,9,16-18,20-21H2,1-2H3,(H,30,34). The van der Waals surface area contributed by atoms with Crippen LogP contribution in [0.1, 0.15) is 23.1 Å². The van der Waals surface area contributed by atoms with Gasteiger partial charge in [-0.15, -0.1) is 0 Å². The van der Waals surface area contributed by atoms with Crippen molar-refractivity contribution in [1.29, 1.82) is 0 Å². The van der Waals surface area contributed by atoms with Gasteiger partial charge < -0.3 is 24.8 Å². The minimum absolute atomic E-state index is 0.0183. The molecule has 3 aromatic carbocycles. The lowest BCUT2D eigenvalue weighted by Gasteiger charge is -2.31. The van der Waals surface area contributed by atoms with Crippen molar-refractivity contribution in [3.05, 3.63) is 95.6 Å². The van der Waals surface area contributed by atoms with Crippen LogP contribution in [0, 0.1) is 0 Å². The topological polar surface area (TPSA) is 88.1 Å². The first-order chi connectivity index (χ1) is 17.5. The van der Waals surface area contributed by atoms with Crippen LogP contribution in [0.3, 0.4) is 0 Å². The third kappa shape index (κ3) is 7.58. The first kappa shape index (κ1) is 26.8. The van der Waals surface area contributed by atoms with Gasteiger partial charge in [0, 0.05) is 26.1 Å². The SMILES string of the molecule is COc1ccc(CC(=O)N(Cc2ccccc2)C(Cc2ccccc2)C(=O)NCCCO)cc1OC. The monoisotopic (exact) mass is 490 g/mol. The molecule has 7 heteroatoms. The van der Waals surface area contributed by atoms with Crippen LogP contribution in [0.2, 0.25) is 0 Å². The average Bonchev–Trinajstić information content (AvgIpc) is 2.91. The van der Waals surface area contributed by atoms with Gasteiger partial charge in [0.15, 0.2) is 11.5 Å². The van der Waals surface area contributed by atoms with Gasteiger partial charge in [-0.3, -0.25) is 9.59 Å². The Hall–Kier alpha value is -3.84. The minimum atomic E-state index is -0.723. The molecule has 0 aliphatic heterocycles. The van der Waals surface area contributed by atoms with Crippen molar-refractivity contribution in [2.75, 3.05) is 27.4 Å². The number of carbonyl (C=O) groups is 2. The largest absolute Gasteiger partial charge is 0.493 e. The number of carbonyl (C=O) groups excluding carboxylic acids is 2. The maximum Gasteiger partial charge on any atom is 0.243 e. The number of rotatable bonds is 13. The van der Waals surface area contributed by atoms with Gasteiger partial charge >= 0.3 is 0 Å². The highest BCUT2D eigenvalue weighted by molar-refractivity contribution is 5.88. The first-order valence-electron chi connectivity index (χ1n) is 12.0. The summed E-state index contributed by atoms with van der Waals surface area (Å²) in [5.41, 5.74) is 2.64. The molecule has 0 bridgehead atoms. The number of aliphatic hydroxyl groups excluding tert-OH is 1. The summed E-state index contributed by atoms with van der Waals surface area (Å²) >= 11 is 0. The number of hydrogen-bond donors (Lipinski definition) is 2. The number of aliphatic hydroxyl groups is 1. The van der Waals surface area contributed by atoms with Crippen molar-refractivity contribution >= 4 is 11.8 Å². The molecule has 0 aromatic heterocycles. The predicted molar refractivity (Wildman–Crippen MR) is 139 cm³/mol. The van der Waals surface area contributed by atoms with Crippen molar-refractivity contribution in [3.63, 3.8) is 0 Å². The summed E-state index contributed by atoms with van der Waals surface area (Å²) in [6.45, 7) is 0.608. The molecule has 1 atom stereocenters. The molecule has 36 heavy (non-hydrogen) atoms. The smallest absolute Gasteiger partial charge is 0.243 e. The molecule has 2 N–H and O–H groups in total. The zero-order valence-corrected chi connectivity index (χ0v) is 20.9. The van der Waals surface area contributed by atoms with Gasteiger partial charge in [0.1, 0.15) is 6.04 Å². The quantitative estimate of drug-likeness (QED) is 0.359. The van der Waals surface area contributed by atoms with Crippen LogP contribution in [0.15, 0.2) is 78.9 Å². The Morgan fingerprint density at radius 1 is 0.861 bits per heavy atom. The van der Waals surface area contributed by atoms with Crippen LogP contribution in [0.25, 0.3) is 0 Å². The number of methoxy groups -OCH3 is 2. The van der Waals surface area contributed by atoms with E-state index in [0.717, 1.165) is 16.7 Å². The number of ether oxygens (including phenoxy) is 2. The molecule has 0 heterocycles. The van der Waals surface area contributed by atoms with Crippen LogP contribution in [-0.2, 0) is 29.0 Å². The van der Waals surface area contributed by atoms with E-state index in [0.29, 0.717) is 30.9 Å². The Balaban J connectivity index is 1.93. The Morgan fingerprint density at radius 2 is 1.50 bits per heavy atom. The first-order valence-corrected chi connectivity index (χ1v) is 12.0. The van der Waals surface area contributed by atoms with Crippen molar-refractivity contribution < 1.29 is 24.2 Å². The summed E-state index contributed by atoms with van der Waals surface area (Å²) in [5.74, 6) is 0.702. The predicted octanol–water partition coefficient (Wildman–Crippen LogP) is 3.39. The molecule has 0 radical (unpaired) electrons. The van der Waals surface area contributed by atoms with Gasteiger partial charge in [-0.25, -0.2) is 0 Å². The summed E-state index contributed by atoms with van der Waals surface area (Å²) in [4.78, 5) is 28.8. The average molecular weight is 491 g/mol. The molecule has 2 amide bonds. The molecular formula is C29H34N2O5. The van der Waals surface area contributed by atoms with Crippen LogP contribution >= 0.6 is 0 Å². The fourth-order valence-corrected chi connectivity index (χ4v) is 4.01. The number of nitrogens with one attached hydrogen (secondary N) is 1. The second-order valence-electron chi connectivity index (χ2n) is 8.45. The van der Waals surface area contributed by atoms with Crippen LogP contribution in [0.5, 0.6) is 11.5 Å². The fourth-order valence-electron chi connectivity index (χ4n) is 4.01. The van der Waals surface area contributed by atoms with Gasteiger partial charge in [0.05, 0.1) is 20.6 Å². The van der Waals surface area contributed by atoms with Crippen molar-refractivity contribution in [1.82, 2.24) is 10.2 Å². The molecule has 0 aliphatic rings. The molecule has 1 unspecified atom stereocenters. The normalized spacial score (nSPS) is 11.4. The highest BCUT2D eigenvalue weighted by Crippen LogP contribution is 2.28. The Morgan fingerprint density at radius 3 is 2.11 bits per heavy atom. The van der Waals surface area contributed by atoms with Gasteiger partial charge in [0.2, 0.25) is 11.8 Å². The van der Waals surface area contributed by atoms with E-state index in [4.69, 9.17) is 14.6 Å². The molecule has 3 aromatic rings. The molecule has 0 spiro atoms. The third-order valence-electron chi connectivity index (χ3n) is 5.90. The minimum Gasteiger partial charge on any atom is -0.493 e. The van der Waals surface area contributed by atoms with E-state index in [1.807, 2.05) is 66.7 Å². The van der Waals surface area contributed by atoms with Gasteiger partial charge in [-0.2, -0.15) is 0 Å². The van der Waals surface area contributed by atoms with E-state index in [1.165, 1.54) is 0 Å². The lowest BCUT2D eigenvalue weighted by Crippen LogP contribution is -2.51.